The van der Waals surface area contributed by atoms with E-state index in [-0.39, 0.29) is 0 Å². The molecule has 11 aromatic rings. The molecule has 0 spiro atoms. The molecule has 4 heterocycles. The Morgan fingerprint density at radius 1 is 0.392 bits per heavy atom. The molecule has 0 unspecified atom stereocenters. The van der Waals surface area contributed by atoms with Gasteiger partial charge in [0.15, 0.2) is 17.5 Å². The highest BCUT2D eigenvalue weighted by Gasteiger charge is 2.20. The van der Waals surface area contributed by atoms with Gasteiger partial charge in [-0.15, -0.1) is 22.7 Å². The van der Waals surface area contributed by atoms with Crippen LogP contribution in [0.2, 0.25) is 0 Å². The van der Waals surface area contributed by atoms with E-state index in [0.717, 1.165) is 16.7 Å². The number of rotatable bonds is 4. The molecule has 0 amide bonds. The maximum Gasteiger partial charge on any atom is 0.165 e. The molecule has 0 N–H and O–H groups in total. The highest BCUT2D eigenvalue weighted by atomic mass is 32.1. The highest BCUT2D eigenvalue weighted by molar-refractivity contribution is 7.28. The van der Waals surface area contributed by atoms with Crippen LogP contribution in [0.1, 0.15) is 0 Å². The molecule has 0 saturated heterocycles. The van der Waals surface area contributed by atoms with E-state index in [2.05, 4.69) is 126 Å². The number of fused-ring (bicyclic) bond motifs is 9. The minimum Gasteiger partial charge on any atom is -0.309 e. The molecule has 11 rings (SSSR count). The predicted molar refractivity (Wildman–Crippen MR) is 216 cm³/mol. The van der Waals surface area contributed by atoms with Gasteiger partial charge in [0, 0.05) is 67.8 Å². The molecule has 0 atom stereocenters. The molecule has 0 aliphatic carbocycles. The zero-order chi connectivity index (χ0) is 33.5. The van der Waals surface area contributed by atoms with Crippen LogP contribution in [0.15, 0.2) is 158 Å². The fraction of sp³-hybridized carbons (Fsp3) is 0. The van der Waals surface area contributed by atoms with E-state index in [1.165, 1.54) is 67.8 Å². The summed E-state index contributed by atoms with van der Waals surface area (Å²) in [7, 11) is 0. The van der Waals surface area contributed by atoms with E-state index in [9.17, 15) is 0 Å². The fourth-order valence-corrected chi connectivity index (χ4v) is 10.0. The number of para-hydroxylation sites is 2. The van der Waals surface area contributed by atoms with Gasteiger partial charge in [-0.25, -0.2) is 15.0 Å². The first-order valence-electron chi connectivity index (χ1n) is 16.9. The Kier molecular flexibility index (Phi) is 6.26. The second-order valence-electron chi connectivity index (χ2n) is 12.8. The van der Waals surface area contributed by atoms with Crippen molar-refractivity contribution in [3.8, 4) is 39.9 Å². The molecule has 0 bridgehead atoms. The molecule has 0 aliphatic heterocycles. The van der Waals surface area contributed by atoms with E-state index in [1.54, 1.807) is 0 Å². The largest absolute Gasteiger partial charge is 0.309 e. The van der Waals surface area contributed by atoms with Crippen molar-refractivity contribution in [1.82, 2.24) is 19.5 Å². The molecule has 0 aliphatic rings. The van der Waals surface area contributed by atoms with Gasteiger partial charge in [-0.2, -0.15) is 0 Å². The van der Waals surface area contributed by atoms with Crippen LogP contribution in [0.3, 0.4) is 0 Å². The monoisotopic (exact) mass is 686 g/mol. The molecule has 0 fully saturated rings. The normalized spacial score (nSPS) is 11.9. The van der Waals surface area contributed by atoms with Crippen molar-refractivity contribution in [2.24, 2.45) is 0 Å². The minimum atomic E-state index is 0.669. The van der Waals surface area contributed by atoms with E-state index in [4.69, 9.17) is 15.0 Å². The maximum absolute atomic E-state index is 5.08. The third kappa shape index (κ3) is 4.40. The lowest BCUT2D eigenvalue weighted by molar-refractivity contribution is 1.08. The van der Waals surface area contributed by atoms with Crippen LogP contribution in [0.4, 0.5) is 0 Å². The quantitative estimate of drug-likeness (QED) is 0.185. The Morgan fingerprint density at radius 2 is 0.961 bits per heavy atom. The smallest absolute Gasteiger partial charge is 0.165 e. The maximum atomic E-state index is 5.08. The summed E-state index contributed by atoms with van der Waals surface area (Å²) in [5.41, 5.74) is 6.60. The zero-order valence-electron chi connectivity index (χ0n) is 27.1. The highest BCUT2D eigenvalue weighted by Crippen LogP contribution is 2.46. The van der Waals surface area contributed by atoms with Crippen molar-refractivity contribution in [3.05, 3.63) is 158 Å². The molecule has 6 heteroatoms. The molecule has 238 valence electrons. The number of nitrogens with zero attached hydrogens (tertiary/aromatic N) is 4. The summed E-state index contributed by atoms with van der Waals surface area (Å²) in [4.78, 5) is 15.1. The topological polar surface area (TPSA) is 43.6 Å². The van der Waals surface area contributed by atoms with Crippen molar-refractivity contribution in [2.75, 3.05) is 0 Å². The van der Waals surface area contributed by atoms with E-state index in [0.29, 0.717) is 17.5 Å². The number of benzene rings is 7. The van der Waals surface area contributed by atoms with Gasteiger partial charge in [0.2, 0.25) is 0 Å². The summed E-state index contributed by atoms with van der Waals surface area (Å²) in [6.45, 7) is 0. The minimum absolute atomic E-state index is 0.669. The van der Waals surface area contributed by atoms with Crippen molar-refractivity contribution < 1.29 is 0 Å². The van der Waals surface area contributed by atoms with E-state index in [1.807, 2.05) is 59.1 Å². The Balaban J connectivity index is 1.15. The summed E-state index contributed by atoms with van der Waals surface area (Å²) in [6, 6.07) is 55.9. The number of hydrogen-bond acceptors (Lipinski definition) is 5. The summed E-state index contributed by atoms with van der Waals surface area (Å²) in [6.07, 6.45) is 0. The molecule has 51 heavy (non-hydrogen) atoms. The van der Waals surface area contributed by atoms with Crippen LogP contribution >= 0.6 is 22.7 Å². The first-order valence-corrected chi connectivity index (χ1v) is 18.6. The Hall–Kier alpha value is -6.21. The van der Waals surface area contributed by atoms with Gasteiger partial charge in [-0.1, -0.05) is 115 Å². The third-order valence-electron chi connectivity index (χ3n) is 9.85. The van der Waals surface area contributed by atoms with Crippen LogP contribution in [-0.4, -0.2) is 19.5 Å². The van der Waals surface area contributed by atoms with E-state index >= 15 is 0 Å². The lowest BCUT2D eigenvalue weighted by atomic mass is 10.0. The second kappa shape index (κ2) is 11.2. The van der Waals surface area contributed by atoms with Gasteiger partial charge in [0.25, 0.3) is 0 Å². The van der Waals surface area contributed by atoms with Gasteiger partial charge in [-0.3, -0.25) is 0 Å². The summed E-state index contributed by atoms with van der Waals surface area (Å²) in [5.74, 6) is 2.02. The average Bonchev–Trinajstić information content (AvgIpc) is 3.86. The molecular formula is C45H26N4S2. The lowest BCUT2D eigenvalue weighted by Crippen LogP contribution is -2.00. The summed E-state index contributed by atoms with van der Waals surface area (Å²) < 4.78 is 7.47. The van der Waals surface area contributed by atoms with Crippen LogP contribution in [0.5, 0.6) is 0 Å². The van der Waals surface area contributed by atoms with Crippen LogP contribution in [-0.2, 0) is 0 Å². The van der Waals surface area contributed by atoms with Gasteiger partial charge >= 0.3 is 0 Å². The van der Waals surface area contributed by atoms with Crippen molar-refractivity contribution in [3.63, 3.8) is 0 Å². The van der Waals surface area contributed by atoms with Crippen molar-refractivity contribution >= 4 is 84.8 Å². The first-order chi connectivity index (χ1) is 25.3. The van der Waals surface area contributed by atoms with Gasteiger partial charge in [-0.05, 0) is 42.5 Å². The summed E-state index contributed by atoms with van der Waals surface area (Å²) >= 11 is 3.69. The van der Waals surface area contributed by atoms with Crippen LogP contribution in [0.25, 0.3) is 102 Å². The molecule has 7 aromatic carbocycles. The van der Waals surface area contributed by atoms with Gasteiger partial charge < -0.3 is 4.57 Å². The second-order valence-corrected chi connectivity index (χ2v) is 14.9. The lowest BCUT2D eigenvalue weighted by Gasteiger charge is -2.10. The van der Waals surface area contributed by atoms with Crippen LogP contribution in [0, 0.1) is 0 Å². The predicted octanol–water partition coefficient (Wildman–Crippen LogP) is 12.7. The molecule has 0 saturated carbocycles. The fourth-order valence-electron chi connectivity index (χ4n) is 7.57. The Bertz CT molecular complexity index is 3030. The SMILES string of the molecule is c1ccc(-c2nc(-c3ccccc3)nc(-c3cccc4c3sc3cc5sc6cccc(-n7c8ccccc8c8ccccc87)c6c5cc34)n2)cc1. The van der Waals surface area contributed by atoms with Gasteiger partial charge in [0.05, 0.1) is 16.7 Å². The number of hydrogen-bond donors (Lipinski definition) is 0. The first kappa shape index (κ1) is 28.6. The Morgan fingerprint density at radius 3 is 1.65 bits per heavy atom. The molecular weight excluding hydrogens is 661 g/mol. The van der Waals surface area contributed by atoms with Crippen molar-refractivity contribution in [1.29, 1.82) is 0 Å². The molecule has 0 radical (unpaired) electrons. The van der Waals surface area contributed by atoms with Crippen LogP contribution < -0.4 is 0 Å². The number of aromatic nitrogens is 4. The Labute approximate surface area is 300 Å². The summed E-state index contributed by atoms with van der Waals surface area (Å²) in [5, 5.41) is 7.58. The standard InChI is InChI=1S/C45H26N4S2/c1-3-13-27(14-4-1)43-46-44(28-15-5-2-6-16-28)48-45(47-43)32-20-11-19-31-33-25-34-40(26-39(33)51-42(31)32)50-38-24-12-23-37(41(34)38)49-35-21-9-7-17-29(35)30-18-8-10-22-36(30)49/h1-26H. The zero-order valence-corrected chi connectivity index (χ0v) is 28.7. The van der Waals surface area contributed by atoms with E-state index < -0.39 is 0 Å². The third-order valence-corrected chi connectivity index (χ3v) is 12.2. The van der Waals surface area contributed by atoms with Gasteiger partial charge in [0.1, 0.15) is 0 Å². The average molecular weight is 687 g/mol. The molecule has 4 aromatic heterocycles. The molecule has 4 nitrogen and oxygen atoms in total. The number of thiophene rings is 2. The van der Waals surface area contributed by atoms with Crippen molar-refractivity contribution in [2.45, 2.75) is 0 Å².